The van der Waals surface area contributed by atoms with Crippen molar-refractivity contribution >= 4 is 19.7 Å². The summed E-state index contributed by atoms with van der Waals surface area (Å²) in [6.07, 6.45) is 3.38. The Morgan fingerprint density at radius 3 is 3.00 bits per heavy atom. The monoisotopic (exact) mass is 154 g/mol. The Morgan fingerprint density at radius 1 is 1.25 bits per heavy atom. The van der Waals surface area contributed by atoms with Gasteiger partial charge < -0.3 is 5.32 Å². The van der Waals surface area contributed by atoms with Gasteiger partial charge in [-0.05, 0) is 11.7 Å². The first-order chi connectivity index (χ1) is 5.86. The second-order valence-corrected chi connectivity index (χ2v) is 2.57. The molecular formula is C9H7BN2. The number of rotatable bonds is 0. The third-order valence-electron chi connectivity index (χ3n) is 1.67. The summed E-state index contributed by atoms with van der Waals surface area (Å²) in [5.74, 6) is 0. The molecule has 12 heavy (non-hydrogen) atoms. The Hall–Kier alpha value is -1.51. The van der Waals surface area contributed by atoms with Crippen molar-refractivity contribution in [2.75, 3.05) is 5.32 Å². The molecule has 0 aliphatic carbocycles. The average Bonchev–Trinajstić information content (AvgIpc) is 2.25. The minimum absolute atomic E-state index is 0.566. The first-order valence-corrected chi connectivity index (χ1v) is 3.71. The highest BCUT2D eigenvalue weighted by molar-refractivity contribution is 6.23. The van der Waals surface area contributed by atoms with Gasteiger partial charge >= 0.3 is 0 Å². The van der Waals surface area contributed by atoms with Crippen LogP contribution in [0.4, 0.5) is 5.69 Å². The fourth-order valence-corrected chi connectivity index (χ4v) is 1.11. The molecule has 2 radical (unpaired) electrons. The molecule has 3 heteroatoms. The van der Waals surface area contributed by atoms with Gasteiger partial charge in [-0.2, -0.15) is 0 Å². The molecule has 56 valence electrons. The third-order valence-corrected chi connectivity index (χ3v) is 1.67. The SMILES string of the molecule is [B]C1=CN=Cc2ccccc2N1. The van der Waals surface area contributed by atoms with Gasteiger partial charge in [0.05, 0.1) is 0 Å². The molecule has 1 N–H and O–H groups in total. The van der Waals surface area contributed by atoms with E-state index in [9.17, 15) is 0 Å². The predicted octanol–water partition coefficient (Wildman–Crippen LogP) is 1.50. The van der Waals surface area contributed by atoms with Gasteiger partial charge in [0.2, 0.25) is 0 Å². The highest BCUT2D eigenvalue weighted by Gasteiger charge is 2.00. The molecule has 0 saturated heterocycles. The zero-order valence-corrected chi connectivity index (χ0v) is 6.49. The van der Waals surface area contributed by atoms with Crippen LogP contribution in [0.1, 0.15) is 5.56 Å². The molecule has 0 atom stereocenters. The van der Waals surface area contributed by atoms with Crippen molar-refractivity contribution in [3.63, 3.8) is 0 Å². The number of hydrogen-bond acceptors (Lipinski definition) is 2. The fraction of sp³-hybridized carbons (Fsp3) is 0. The maximum Gasteiger partial charge on any atom is 0.140 e. The van der Waals surface area contributed by atoms with E-state index in [4.69, 9.17) is 7.85 Å². The number of aliphatic imine (C=N–C) groups is 1. The Labute approximate surface area is 72.4 Å². The van der Waals surface area contributed by atoms with E-state index < -0.39 is 0 Å². The molecule has 2 nitrogen and oxygen atoms in total. The van der Waals surface area contributed by atoms with E-state index >= 15 is 0 Å². The van der Waals surface area contributed by atoms with Crippen molar-refractivity contribution in [1.82, 2.24) is 0 Å². The van der Waals surface area contributed by atoms with Gasteiger partial charge in [0.1, 0.15) is 7.85 Å². The van der Waals surface area contributed by atoms with Gasteiger partial charge in [0.15, 0.2) is 0 Å². The molecule has 1 aliphatic rings. The summed E-state index contributed by atoms with van der Waals surface area (Å²) >= 11 is 0. The van der Waals surface area contributed by atoms with Crippen LogP contribution in [-0.4, -0.2) is 14.1 Å². The Balaban J connectivity index is 2.49. The van der Waals surface area contributed by atoms with E-state index in [-0.39, 0.29) is 0 Å². The van der Waals surface area contributed by atoms with Crippen LogP contribution in [0.3, 0.4) is 0 Å². The minimum Gasteiger partial charge on any atom is -0.367 e. The molecule has 1 heterocycles. The summed E-state index contributed by atoms with van der Waals surface area (Å²) in [5, 5.41) is 3.04. The molecule has 1 aromatic rings. The van der Waals surface area contributed by atoms with Gasteiger partial charge in [-0.25, -0.2) is 0 Å². The summed E-state index contributed by atoms with van der Waals surface area (Å²) in [6.45, 7) is 0. The van der Waals surface area contributed by atoms with Crippen LogP contribution >= 0.6 is 0 Å². The van der Waals surface area contributed by atoms with E-state index in [1.165, 1.54) is 0 Å². The second kappa shape index (κ2) is 2.85. The zero-order chi connectivity index (χ0) is 8.39. The third kappa shape index (κ3) is 1.26. The first kappa shape index (κ1) is 7.16. The van der Waals surface area contributed by atoms with Gasteiger partial charge in [0, 0.05) is 23.7 Å². The zero-order valence-electron chi connectivity index (χ0n) is 6.49. The minimum atomic E-state index is 0.566. The highest BCUT2D eigenvalue weighted by Crippen LogP contribution is 2.16. The molecule has 0 bridgehead atoms. The van der Waals surface area contributed by atoms with Crippen LogP contribution in [0.25, 0.3) is 0 Å². The summed E-state index contributed by atoms with van der Waals surface area (Å²) in [4.78, 5) is 4.02. The summed E-state index contributed by atoms with van der Waals surface area (Å²) < 4.78 is 0. The summed E-state index contributed by atoms with van der Waals surface area (Å²) in [6, 6.07) is 7.87. The van der Waals surface area contributed by atoms with E-state index in [0.29, 0.717) is 5.60 Å². The van der Waals surface area contributed by atoms with E-state index in [0.717, 1.165) is 11.3 Å². The van der Waals surface area contributed by atoms with E-state index in [2.05, 4.69) is 10.3 Å². The predicted molar refractivity (Wildman–Crippen MR) is 51.5 cm³/mol. The first-order valence-electron chi connectivity index (χ1n) is 3.71. The molecule has 0 spiro atoms. The Morgan fingerprint density at radius 2 is 2.08 bits per heavy atom. The van der Waals surface area contributed by atoms with Gasteiger partial charge in [-0.15, -0.1) is 0 Å². The van der Waals surface area contributed by atoms with Crippen molar-refractivity contribution < 1.29 is 0 Å². The molecule has 0 amide bonds. The summed E-state index contributed by atoms with van der Waals surface area (Å²) in [7, 11) is 5.59. The Bertz CT molecular complexity index is 355. The van der Waals surface area contributed by atoms with Crippen molar-refractivity contribution in [2.24, 2.45) is 4.99 Å². The highest BCUT2D eigenvalue weighted by atomic mass is 14.9. The molecule has 0 fully saturated rings. The smallest absolute Gasteiger partial charge is 0.140 e. The number of benzene rings is 1. The maximum absolute atomic E-state index is 5.59. The van der Waals surface area contributed by atoms with Crippen LogP contribution in [0.2, 0.25) is 0 Å². The normalized spacial score (nSPS) is 14.2. The maximum atomic E-state index is 5.59. The van der Waals surface area contributed by atoms with E-state index in [1.54, 1.807) is 12.4 Å². The molecule has 2 rings (SSSR count). The number of fused-ring (bicyclic) bond motifs is 1. The molecular weight excluding hydrogens is 147 g/mol. The molecule has 1 aromatic carbocycles. The number of anilines is 1. The number of para-hydroxylation sites is 1. The van der Waals surface area contributed by atoms with Crippen LogP contribution in [-0.2, 0) is 0 Å². The van der Waals surface area contributed by atoms with Crippen molar-refractivity contribution in [1.29, 1.82) is 0 Å². The van der Waals surface area contributed by atoms with E-state index in [1.807, 2.05) is 24.3 Å². The Kier molecular flexibility index (Phi) is 1.70. The largest absolute Gasteiger partial charge is 0.367 e. The van der Waals surface area contributed by atoms with Crippen LogP contribution in [0.5, 0.6) is 0 Å². The second-order valence-electron chi connectivity index (χ2n) is 2.57. The number of hydrogen-bond donors (Lipinski definition) is 1. The molecule has 0 unspecified atom stereocenters. The van der Waals surface area contributed by atoms with Crippen LogP contribution < -0.4 is 5.32 Å². The lowest BCUT2D eigenvalue weighted by Gasteiger charge is -2.06. The quantitative estimate of drug-likeness (QED) is 0.562. The number of nitrogens with one attached hydrogen (secondary N) is 1. The van der Waals surface area contributed by atoms with Crippen molar-refractivity contribution in [2.45, 2.75) is 0 Å². The topological polar surface area (TPSA) is 24.4 Å². The summed E-state index contributed by atoms with van der Waals surface area (Å²) in [5.41, 5.74) is 2.61. The van der Waals surface area contributed by atoms with Gasteiger partial charge in [-0.1, -0.05) is 18.2 Å². The van der Waals surface area contributed by atoms with Gasteiger partial charge in [0.25, 0.3) is 0 Å². The van der Waals surface area contributed by atoms with Crippen LogP contribution in [0, 0.1) is 0 Å². The molecule has 0 saturated carbocycles. The lowest BCUT2D eigenvalue weighted by Crippen LogP contribution is -1.99. The number of nitrogens with zero attached hydrogens (tertiary/aromatic N) is 1. The standard InChI is InChI=1S/C9H7BN2/c10-9-6-11-5-7-3-1-2-4-8(7)12-9/h1-6,12H. The van der Waals surface area contributed by atoms with Crippen LogP contribution in [0.15, 0.2) is 41.1 Å². The average molecular weight is 154 g/mol. The van der Waals surface area contributed by atoms with Gasteiger partial charge in [-0.3, -0.25) is 4.99 Å². The lowest BCUT2D eigenvalue weighted by molar-refractivity contribution is 1.51. The van der Waals surface area contributed by atoms with Crippen molar-refractivity contribution in [3.05, 3.63) is 41.6 Å². The van der Waals surface area contributed by atoms with Crippen molar-refractivity contribution in [3.8, 4) is 0 Å². The molecule has 0 aromatic heterocycles. The fourth-order valence-electron chi connectivity index (χ4n) is 1.11. The molecule has 1 aliphatic heterocycles. The lowest BCUT2D eigenvalue weighted by atomic mass is 10.1.